The van der Waals surface area contributed by atoms with Crippen LogP contribution in [0, 0.1) is 13.8 Å². The monoisotopic (exact) mass is 290 g/mol. The Kier molecular flexibility index (Phi) is 3.85. The number of benzene rings is 2. The summed E-state index contributed by atoms with van der Waals surface area (Å²) in [6.45, 7) is 4.75. The van der Waals surface area contributed by atoms with Gasteiger partial charge in [0.1, 0.15) is 12.4 Å². The van der Waals surface area contributed by atoms with Crippen LogP contribution in [0.2, 0.25) is 0 Å². The molecule has 0 aromatic heterocycles. The van der Waals surface area contributed by atoms with E-state index in [0.717, 1.165) is 15.8 Å². The van der Waals surface area contributed by atoms with Crippen LogP contribution in [0.15, 0.2) is 46.9 Å². The number of hydrogen-bond donors (Lipinski definition) is 0. The van der Waals surface area contributed by atoms with Gasteiger partial charge in [-0.2, -0.15) is 0 Å². The Morgan fingerprint density at radius 1 is 1.00 bits per heavy atom. The molecule has 0 aliphatic rings. The first kappa shape index (κ1) is 12.2. The molecule has 0 saturated heterocycles. The lowest BCUT2D eigenvalue weighted by atomic mass is 10.2. The van der Waals surface area contributed by atoms with E-state index < -0.39 is 0 Å². The molecule has 0 saturated carbocycles. The van der Waals surface area contributed by atoms with Crippen molar-refractivity contribution in [2.45, 2.75) is 20.5 Å². The Morgan fingerprint density at radius 2 is 1.71 bits per heavy atom. The van der Waals surface area contributed by atoms with Crippen LogP contribution in [0.4, 0.5) is 0 Å². The Morgan fingerprint density at radius 3 is 2.41 bits per heavy atom. The van der Waals surface area contributed by atoms with E-state index in [1.165, 1.54) is 11.1 Å². The molecule has 0 heterocycles. The molecule has 2 aromatic rings. The van der Waals surface area contributed by atoms with Crippen molar-refractivity contribution in [1.29, 1.82) is 0 Å². The van der Waals surface area contributed by atoms with Crippen LogP contribution in [0.1, 0.15) is 16.7 Å². The summed E-state index contributed by atoms with van der Waals surface area (Å²) >= 11 is 3.45. The first-order valence-electron chi connectivity index (χ1n) is 5.59. The molecule has 0 aliphatic heterocycles. The highest BCUT2D eigenvalue weighted by Crippen LogP contribution is 2.23. The van der Waals surface area contributed by atoms with E-state index in [0.29, 0.717) is 6.61 Å². The molecular formula is C15H15BrO. The molecule has 2 aromatic carbocycles. The van der Waals surface area contributed by atoms with Gasteiger partial charge in [-0.05, 0) is 37.1 Å². The highest BCUT2D eigenvalue weighted by molar-refractivity contribution is 9.10. The van der Waals surface area contributed by atoms with Crippen molar-refractivity contribution in [3.8, 4) is 5.75 Å². The van der Waals surface area contributed by atoms with Crippen LogP contribution in [-0.4, -0.2) is 0 Å². The molecule has 17 heavy (non-hydrogen) atoms. The zero-order valence-electron chi connectivity index (χ0n) is 10.0. The normalized spacial score (nSPS) is 10.3. The van der Waals surface area contributed by atoms with Crippen molar-refractivity contribution in [1.82, 2.24) is 0 Å². The average molecular weight is 291 g/mol. The summed E-state index contributed by atoms with van der Waals surface area (Å²) in [5.41, 5.74) is 3.61. The molecule has 0 amide bonds. The fourth-order valence-corrected chi connectivity index (χ4v) is 1.91. The lowest BCUT2D eigenvalue weighted by molar-refractivity contribution is 0.304. The van der Waals surface area contributed by atoms with E-state index in [4.69, 9.17) is 4.74 Å². The molecule has 0 bridgehead atoms. The average Bonchev–Trinajstić information content (AvgIpc) is 2.32. The topological polar surface area (TPSA) is 9.23 Å². The quantitative estimate of drug-likeness (QED) is 0.800. The van der Waals surface area contributed by atoms with Gasteiger partial charge in [-0.15, -0.1) is 0 Å². The van der Waals surface area contributed by atoms with E-state index >= 15 is 0 Å². The molecule has 1 nitrogen and oxygen atoms in total. The molecule has 2 rings (SSSR count). The summed E-state index contributed by atoms with van der Waals surface area (Å²) in [6.07, 6.45) is 0. The molecule has 0 aliphatic carbocycles. The van der Waals surface area contributed by atoms with Crippen molar-refractivity contribution < 1.29 is 4.74 Å². The first-order chi connectivity index (χ1) is 8.15. The predicted molar refractivity (Wildman–Crippen MR) is 74.4 cm³/mol. The zero-order chi connectivity index (χ0) is 12.3. The van der Waals surface area contributed by atoms with E-state index in [2.05, 4.69) is 60.1 Å². The van der Waals surface area contributed by atoms with Gasteiger partial charge >= 0.3 is 0 Å². The smallest absolute Gasteiger partial charge is 0.123 e. The fraction of sp³-hybridized carbons (Fsp3) is 0.200. The van der Waals surface area contributed by atoms with Crippen LogP contribution in [0.25, 0.3) is 0 Å². The maximum atomic E-state index is 5.81. The van der Waals surface area contributed by atoms with Gasteiger partial charge in [-0.25, -0.2) is 0 Å². The maximum Gasteiger partial charge on any atom is 0.123 e. The summed E-state index contributed by atoms with van der Waals surface area (Å²) in [5.74, 6) is 0.931. The van der Waals surface area contributed by atoms with Crippen LogP contribution in [0.5, 0.6) is 5.75 Å². The lowest BCUT2D eigenvalue weighted by Crippen LogP contribution is -1.96. The van der Waals surface area contributed by atoms with Gasteiger partial charge < -0.3 is 4.74 Å². The van der Waals surface area contributed by atoms with Gasteiger partial charge in [0.25, 0.3) is 0 Å². The first-order valence-corrected chi connectivity index (χ1v) is 6.39. The van der Waals surface area contributed by atoms with Gasteiger partial charge in [0, 0.05) is 4.47 Å². The van der Waals surface area contributed by atoms with Gasteiger partial charge in [0.15, 0.2) is 0 Å². The Hall–Kier alpha value is -1.28. The molecule has 0 N–H and O–H groups in total. The fourth-order valence-electron chi connectivity index (χ4n) is 1.57. The Labute approximate surface area is 111 Å². The largest absolute Gasteiger partial charge is 0.489 e. The van der Waals surface area contributed by atoms with E-state index in [1.54, 1.807) is 0 Å². The summed E-state index contributed by atoms with van der Waals surface area (Å²) < 4.78 is 6.86. The second kappa shape index (κ2) is 5.37. The van der Waals surface area contributed by atoms with Crippen LogP contribution in [0.3, 0.4) is 0 Å². The lowest BCUT2D eigenvalue weighted by Gasteiger charge is -2.09. The SMILES string of the molecule is Cc1ccc(COc2cc(Br)ccc2C)cc1. The van der Waals surface area contributed by atoms with Gasteiger partial charge in [-0.3, -0.25) is 0 Å². The van der Waals surface area contributed by atoms with Crippen molar-refractivity contribution in [2.24, 2.45) is 0 Å². The second-order valence-electron chi connectivity index (χ2n) is 4.18. The number of hydrogen-bond acceptors (Lipinski definition) is 1. The second-order valence-corrected chi connectivity index (χ2v) is 5.10. The molecule has 0 unspecified atom stereocenters. The maximum absolute atomic E-state index is 5.81. The third-order valence-electron chi connectivity index (χ3n) is 2.67. The van der Waals surface area contributed by atoms with Crippen molar-refractivity contribution in [3.63, 3.8) is 0 Å². The Balaban J connectivity index is 2.07. The number of halogens is 1. The van der Waals surface area contributed by atoms with Crippen LogP contribution < -0.4 is 4.74 Å². The number of aryl methyl sites for hydroxylation is 2. The minimum Gasteiger partial charge on any atom is -0.489 e. The molecule has 88 valence electrons. The van der Waals surface area contributed by atoms with E-state index in [9.17, 15) is 0 Å². The molecule has 0 spiro atoms. The molecule has 0 radical (unpaired) electrons. The minimum atomic E-state index is 0.609. The van der Waals surface area contributed by atoms with E-state index in [-0.39, 0.29) is 0 Å². The van der Waals surface area contributed by atoms with Gasteiger partial charge in [0.2, 0.25) is 0 Å². The number of ether oxygens (including phenoxy) is 1. The molecule has 0 fully saturated rings. The molecular weight excluding hydrogens is 276 g/mol. The predicted octanol–water partition coefficient (Wildman–Crippen LogP) is 4.64. The minimum absolute atomic E-state index is 0.609. The highest BCUT2D eigenvalue weighted by atomic mass is 79.9. The van der Waals surface area contributed by atoms with Crippen molar-refractivity contribution in [2.75, 3.05) is 0 Å². The molecule has 2 heteroatoms. The molecule has 0 atom stereocenters. The summed E-state index contributed by atoms with van der Waals surface area (Å²) in [4.78, 5) is 0. The van der Waals surface area contributed by atoms with Gasteiger partial charge in [0.05, 0.1) is 0 Å². The van der Waals surface area contributed by atoms with Crippen molar-refractivity contribution >= 4 is 15.9 Å². The third-order valence-corrected chi connectivity index (χ3v) is 3.16. The summed E-state index contributed by atoms with van der Waals surface area (Å²) in [6, 6.07) is 14.5. The number of rotatable bonds is 3. The zero-order valence-corrected chi connectivity index (χ0v) is 11.6. The summed E-state index contributed by atoms with van der Waals surface area (Å²) in [7, 11) is 0. The van der Waals surface area contributed by atoms with Crippen molar-refractivity contribution in [3.05, 3.63) is 63.6 Å². The van der Waals surface area contributed by atoms with Gasteiger partial charge in [-0.1, -0.05) is 51.8 Å². The van der Waals surface area contributed by atoms with Crippen LogP contribution in [-0.2, 0) is 6.61 Å². The van der Waals surface area contributed by atoms with E-state index in [1.807, 2.05) is 12.1 Å². The third kappa shape index (κ3) is 3.34. The highest BCUT2D eigenvalue weighted by Gasteiger charge is 2.01. The van der Waals surface area contributed by atoms with Crippen LogP contribution >= 0.6 is 15.9 Å². The Bertz CT molecular complexity index is 503. The standard InChI is InChI=1S/C15H15BrO/c1-11-3-6-13(7-4-11)10-17-15-9-14(16)8-5-12(15)2/h3-9H,10H2,1-2H3. The summed E-state index contributed by atoms with van der Waals surface area (Å²) in [5, 5.41) is 0.